The molecule has 0 aromatic heterocycles. The first-order valence-electron chi connectivity index (χ1n) is 13.9. The zero-order valence-corrected chi connectivity index (χ0v) is 21.1. The van der Waals surface area contributed by atoms with E-state index in [4.69, 9.17) is 14.8 Å². The number of benzene rings is 1. The van der Waals surface area contributed by atoms with Gasteiger partial charge in [-0.25, -0.2) is 4.99 Å². The molecule has 0 bridgehead atoms. The molecule has 6 heteroatoms. The number of carboxylic acids is 1. The lowest BCUT2D eigenvalue weighted by Crippen LogP contribution is -2.35. The minimum atomic E-state index is -0.763. The Bertz CT molecular complexity index is 877. The number of nitrogens with zero attached hydrogens (tertiary/aromatic N) is 1. The van der Waals surface area contributed by atoms with E-state index in [1.165, 1.54) is 50.5 Å². The number of amides is 1. The van der Waals surface area contributed by atoms with Crippen LogP contribution in [0.3, 0.4) is 0 Å². The number of aryl methyl sites for hydroxylation is 1. The fourth-order valence-electron chi connectivity index (χ4n) is 6.22. The predicted octanol–water partition coefficient (Wildman–Crippen LogP) is 5.33. The molecule has 2 saturated carbocycles. The standard InChI is InChI=1S/C29H42N2O4/c32-27(33)17-16-22-12-4-5-13-23(22)19-24-14-8-15-25(24)29-31-26(20-35-29)28(34)30-18-7-6-11-21-9-2-1-3-10-21/h4-5,12-13,21,24-26H,1-3,6-11,14-20H2,(H,30,34)(H,32,33)/t24-,25-,26?/m0/s1. The molecule has 2 N–H and O–H groups in total. The quantitative estimate of drug-likeness (QED) is 0.394. The van der Waals surface area contributed by atoms with Crippen LogP contribution in [-0.2, 0) is 27.2 Å². The van der Waals surface area contributed by atoms with Crippen molar-refractivity contribution in [2.75, 3.05) is 13.2 Å². The number of rotatable bonds is 12. The van der Waals surface area contributed by atoms with Crippen molar-refractivity contribution >= 4 is 17.8 Å². The maximum Gasteiger partial charge on any atom is 0.303 e. The van der Waals surface area contributed by atoms with Gasteiger partial charge in [0.05, 0.1) is 0 Å². The Labute approximate surface area is 209 Å². The van der Waals surface area contributed by atoms with Crippen molar-refractivity contribution in [1.29, 1.82) is 0 Å². The Hall–Kier alpha value is -2.37. The van der Waals surface area contributed by atoms with Gasteiger partial charge < -0.3 is 15.2 Å². The van der Waals surface area contributed by atoms with Crippen molar-refractivity contribution in [2.45, 2.75) is 95.9 Å². The van der Waals surface area contributed by atoms with Crippen molar-refractivity contribution in [3.63, 3.8) is 0 Å². The molecule has 0 radical (unpaired) electrons. The van der Waals surface area contributed by atoms with E-state index in [0.717, 1.165) is 56.0 Å². The molecule has 192 valence electrons. The fraction of sp³-hybridized carbons (Fsp3) is 0.690. The second-order valence-electron chi connectivity index (χ2n) is 10.7. The van der Waals surface area contributed by atoms with Crippen LogP contribution in [0.15, 0.2) is 29.3 Å². The van der Waals surface area contributed by atoms with E-state index in [0.29, 0.717) is 18.9 Å². The highest BCUT2D eigenvalue weighted by Gasteiger charge is 2.37. The molecule has 1 amide bonds. The Morgan fingerprint density at radius 2 is 1.80 bits per heavy atom. The van der Waals surface area contributed by atoms with Crippen LogP contribution in [0.25, 0.3) is 0 Å². The second-order valence-corrected chi connectivity index (χ2v) is 10.7. The second kappa shape index (κ2) is 13.1. The molecule has 6 nitrogen and oxygen atoms in total. The van der Waals surface area contributed by atoms with Crippen LogP contribution < -0.4 is 5.32 Å². The molecule has 2 aliphatic carbocycles. The van der Waals surface area contributed by atoms with Crippen LogP contribution in [0.2, 0.25) is 0 Å². The molecule has 1 aliphatic heterocycles. The largest absolute Gasteiger partial charge is 0.481 e. The Balaban J connectivity index is 1.24. The van der Waals surface area contributed by atoms with Crippen molar-refractivity contribution < 1.29 is 19.4 Å². The number of carboxylic acid groups (broad SMARTS) is 1. The molecule has 1 unspecified atom stereocenters. The molecular weight excluding hydrogens is 440 g/mol. The molecule has 1 heterocycles. The third-order valence-electron chi connectivity index (χ3n) is 8.22. The predicted molar refractivity (Wildman–Crippen MR) is 138 cm³/mol. The summed E-state index contributed by atoms with van der Waals surface area (Å²) in [7, 11) is 0. The van der Waals surface area contributed by atoms with Crippen LogP contribution >= 0.6 is 0 Å². The Kier molecular flexibility index (Phi) is 9.61. The van der Waals surface area contributed by atoms with Gasteiger partial charge in [0.25, 0.3) is 0 Å². The summed E-state index contributed by atoms with van der Waals surface area (Å²) in [6.45, 7) is 1.08. The van der Waals surface area contributed by atoms with Gasteiger partial charge >= 0.3 is 5.97 Å². The van der Waals surface area contributed by atoms with Crippen molar-refractivity contribution in [2.24, 2.45) is 22.7 Å². The third kappa shape index (κ3) is 7.55. The number of hydrogen-bond acceptors (Lipinski definition) is 4. The van der Waals surface area contributed by atoms with E-state index in [1.807, 2.05) is 18.2 Å². The van der Waals surface area contributed by atoms with Gasteiger partial charge in [-0.3, -0.25) is 9.59 Å². The molecule has 4 rings (SSSR count). The Morgan fingerprint density at radius 1 is 1.00 bits per heavy atom. The van der Waals surface area contributed by atoms with Gasteiger partial charge in [-0.05, 0) is 55.1 Å². The first-order valence-corrected chi connectivity index (χ1v) is 13.9. The number of unbranched alkanes of at least 4 members (excludes halogenated alkanes) is 1. The SMILES string of the molecule is O=C(O)CCc1ccccc1C[C@@H]1CCC[C@@H]1C1=NC(C(=O)NCCCCC2CCCCC2)CO1. The maximum atomic E-state index is 12.7. The van der Waals surface area contributed by atoms with Crippen molar-refractivity contribution in [1.82, 2.24) is 5.32 Å². The Morgan fingerprint density at radius 3 is 2.60 bits per heavy atom. The van der Waals surface area contributed by atoms with Gasteiger partial charge in [-0.1, -0.05) is 75.6 Å². The number of aliphatic carboxylic acids is 1. The van der Waals surface area contributed by atoms with Crippen LogP contribution in [-0.4, -0.2) is 42.1 Å². The first kappa shape index (κ1) is 25.7. The molecule has 3 atom stereocenters. The summed E-state index contributed by atoms with van der Waals surface area (Å²) in [5.74, 6) is 1.55. The number of aliphatic imine (C=N–C) groups is 1. The van der Waals surface area contributed by atoms with Gasteiger partial charge in [0, 0.05) is 18.9 Å². The van der Waals surface area contributed by atoms with Gasteiger partial charge in [-0.15, -0.1) is 0 Å². The molecule has 1 aromatic rings. The maximum absolute atomic E-state index is 12.7. The topological polar surface area (TPSA) is 88.0 Å². The lowest BCUT2D eigenvalue weighted by Gasteiger charge is -2.21. The third-order valence-corrected chi connectivity index (χ3v) is 8.22. The van der Waals surface area contributed by atoms with E-state index in [9.17, 15) is 9.59 Å². The number of ether oxygens (including phenoxy) is 1. The molecule has 35 heavy (non-hydrogen) atoms. The van der Waals surface area contributed by atoms with Crippen LogP contribution in [0.4, 0.5) is 0 Å². The number of nitrogens with one attached hydrogen (secondary N) is 1. The van der Waals surface area contributed by atoms with Gasteiger partial charge in [-0.2, -0.15) is 0 Å². The van der Waals surface area contributed by atoms with Gasteiger partial charge in [0.2, 0.25) is 5.91 Å². The zero-order valence-electron chi connectivity index (χ0n) is 21.1. The summed E-state index contributed by atoms with van der Waals surface area (Å²) in [5.41, 5.74) is 2.35. The summed E-state index contributed by atoms with van der Waals surface area (Å²) in [5, 5.41) is 12.2. The van der Waals surface area contributed by atoms with E-state index >= 15 is 0 Å². The highest BCUT2D eigenvalue weighted by atomic mass is 16.5. The molecule has 0 spiro atoms. The number of carbonyl (C=O) groups excluding carboxylic acids is 1. The number of hydrogen-bond donors (Lipinski definition) is 2. The average Bonchev–Trinajstić information content (AvgIpc) is 3.53. The van der Waals surface area contributed by atoms with Gasteiger partial charge in [0.15, 0.2) is 11.9 Å². The van der Waals surface area contributed by atoms with E-state index in [-0.39, 0.29) is 18.2 Å². The zero-order chi connectivity index (χ0) is 24.5. The molecule has 1 aromatic carbocycles. The molecule has 0 saturated heterocycles. The smallest absolute Gasteiger partial charge is 0.303 e. The lowest BCUT2D eigenvalue weighted by atomic mass is 9.86. The molecular formula is C29H42N2O4. The minimum Gasteiger partial charge on any atom is -0.481 e. The monoisotopic (exact) mass is 482 g/mol. The van der Waals surface area contributed by atoms with Gasteiger partial charge in [0.1, 0.15) is 6.61 Å². The summed E-state index contributed by atoms with van der Waals surface area (Å²) in [6, 6.07) is 7.75. The average molecular weight is 483 g/mol. The fourth-order valence-corrected chi connectivity index (χ4v) is 6.22. The van der Waals surface area contributed by atoms with Crippen molar-refractivity contribution in [3.05, 3.63) is 35.4 Å². The van der Waals surface area contributed by atoms with E-state index in [2.05, 4.69) is 11.4 Å². The normalized spacial score (nSPS) is 24.7. The van der Waals surface area contributed by atoms with Crippen LogP contribution in [0.1, 0.15) is 88.2 Å². The van der Waals surface area contributed by atoms with E-state index in [1.54, 1.807) is 0 Å². The van der Waals surface area contributed by atoms with Crippen LogP contribution in [0, 0.1) is 17.8 Å². The molecule has 3 aliphatic rings. The van der Waals surface area contributed by atoms with Crippen LogP contribution in [0.5, 0.6) is 0 Å². The number of carbonyl (C=O) groups is 2. The summed E-state index contributed by atoms with van der Waals surface area (Å²) in [6.07, 6.45) is 15.4. The summed E-state index contributed by atoms with van der Waals surface area (Å²) < 4.78 is 5.97. The highest BCUT2D eigenvalue weighted by Crippen LogP contribution is 2.37. The molecule has 2 fully saturated rings. The minimum absolute atomic E-state index is 0.00812. The van der Waals surface area contributed by atoms with E-state index < -0.39 is 12.0 Å². The van der Waals surface area contributed by atoms with Crippen molar-refractivity contribution in [3.8, 4) is 0 Å². The summed E-state index contributed by atoms with van der Waals surface area (Å²) in [4.78, 5) is 28.4. The highest BCUT2D eigenvalue weighted by molar-refractivity contribution is 5.89. The first-order chi connectivity index (χ1) is 17.1. The lowest BCUT2D eigenvalue weighted by molar-refractivity contribution is -0.137. The summed E-state index contributed by atoms with van der Waals surface area (Å²) >= 11 is 0.